The van der Waals surface area contributed by atoms with Crippen LogP contribution >= 0.6 is 11.6 Å². The normalized spacial score (nSPS) is 12.3. The third kappa shape index (κ3) is 3.03. The molecule has 2 N–H and O–H groups in total. The Bertz CT molecular complexity index is 792. The first-order valence-electron chi connectivity index (χ1n) is 6.84. The predicted octanol–water partition coefficient (Wildman–Crippen LogP) is 4.17. The lowest BCUT2D eigenvalue weighted by molar-refractivity contribution is 0.276. The van der Waals surface area contributed by atoms with E-state index in [1.807, 2.05) is 12.1 Å². The summed E-state index contributed by atoms with van der Waals surface area (Å²) in [6.45, 7) is -0.0767. The van der Waals surface area contributed by atoms with Crippen LogP contribution in [0.5, 0.6) is 0 Å². The molecule has 112 valence electrons. The van der Waals surface area contributed by atoms with Crippen LogP contribution in [-0.2, 0) is 0 Å². The summed E-state index contributed by atoms with van der Waals surface area (Å²) in [7, 11) is 0. The lowest BCUT2D eigenvalue weighted by Crippen LogP contribution is -2.15. The number of aromatic nitrogens is 1. The van der Waals surface area contributed by atoms with Gasteiger partial charge in [-0.05, 0) is 35.9 Å². The number of anilines is 1. The summed E-state index contributed by atoms with van der Waals surface area (Å²) >= 11 is 5.89. The van der Waals surface area contributed by atoms with E-state index in [0.717, 1.165) is 16.6 Å². The number of hydrogen-bond donors (Lipinski definition) is 2. The number of pyridine rings is 1. The summed E-state index contributed by atoms with van der Waals surface area (Å²) in [5.74, 6) is -0.325. The summed E-state index contributed by atoms with van der Waals surface area (Å²) in [4.78, 5) is 4.16. The number of benzene rings is 2. The molecule has 3 rings (SSSR count). The topological polar surface area (TPSA) is 45.1 Å². The molecule has 0 saturated carbocycles. The van der Waals surface area contributed by atoms with Gasteiger partial charge in [0.05, 0.1) is 18.2 Å². The molecule has 3 nitrogen and oxygen atoms in total. The van der Waals surface area contributed by atoms with E-state index in [1.165, 1.54) is 12.1 Å². The maximum Gasteiger partial charge on any atom is 0.125 e. The summed E-state index contributed by atoms with van der Waals surface area (Å²) < 4.78 is 13.3. The summed E-state index contributed by atoms with van der Waals surface area (Å²) in [5.41, 5.74) is 2.27. The Morgan fingerprint density at radius 1 is 1.14 bits per heavy atom. The van der Waals surface area contributed by atoms with Crippen molar-refractivity contribution in [1.82, 2.24) is 4.98 Å². The number of aliphatic hydroxyl groups excluding tert-OH is 1. The van der Waals surface area contributed by atoms with E-state index in [0.29, 0.717) is 10.5 Å². The molecule has 0 unspecified atom stereocenters. The molecule has 1 heterocycles. The summed E-state index contributed by atoms with van der Waals surface area (Å²) in [6.07, 6.45) is 1.61. The van der Waals surface area contributed by atoms with Crippen LogP contribution in [-0.4, -0.2) is 16.7 Å². The van der Waals surface area contributed by atoms with Gasteiger partial charge in [0.2, 0.25) is 0 Å². The van der Waals surface area contributed by atoms with Crippen LogP contribution in [0.4, 0.5) is 10.1 Å². The van der Waals surface area contributed by atoms with Gasteiger partial charge in [0.1, 0.15) is 5.82 Å². The third-order valence-electron chi connectivity index (χ3n) is 3.49. The largest absolute Gasteiger partial charge is 0.394 e. The van der Waals surface area contributed by atoms with Gasteiger partial charge in [0.15, 0.2) is 0 Å². The Hall–Kier alpha value is -2.17. The number of rotatable bonds is 4. The lowest BCUT2D eigenvalue weighted by Gasteiger charge is -2.19. The Balaban J connectivity index is 1.95. The van der Waals surface area contributed by atoms with Crippen LogP contribution in [0.1, 0.15) is 11.6 Å². The van der Waals surface area contributed by atoms with Crippen molar-refractivity contribution in [2.75, 3.05) is 11.9 Å². The highest BCUT2D eigenvalue weighted by Crippen LogP contribution is 2.27. The van der Waals surface area contributed by atoms with Crippen LogP contribution in [0, 0.1) is 5.82 Å². The quantitative estimate of drug-likeness (QED) is 0.759. The molecule has 3 aromatic rings. The van der Waals surface area contributed by atoms with Crippen molar-refractivity contribution in [3.63, 3.8) is 0 Å². The van der Waals surface area contributed by atoms with E-state index in [1.54, 1.807) is 30.5 Å². The van der Waals surface area contributed by atoms with Gasteiger partial charge in [-0.25, -0.2) is 4.39 Å². The highest BCUT2D eigenvalue weighted by molar-refractivity contribution is 6.30. The van der Waals surface area contributed by atoms with Gasteiger partial charge in [-0.2, -0.15) is 0 Å². The van der Waals surface area contributed by atoms with Crippen LogP contribution in [0.25, 0.3) is 10.9 Å². The van der Waals surface area contributed by atoms with Crippen molar-refractivity contribution >= 4 is 28.2 Å². The molecular formula is C17H14ClFN2O. The molecule has 0 aliphatic rings. The van der Waals surface area contributed by atoms with Crippen LogP contribution in [0.15, 0.2) is 54.7 Å². The molecule has 0 aliphatic heterocycles. The number of nitrogens with zero attached hydrogens (tertiary/aromatic N) is 1. The number of fused-ring (bicyclic) bond motifs is 1. The summed E-state index contributed by atoms with van der Waals surface area (Å²) in [6, 6.07) is 13.3. The van der Waals surface area contributed by atoms with Gasteiger partial charge in [-0.1, -0.05) is 23.7 Å². The minimum atomic E-state index is -0.325. The van der Waals surface area contributed by atoms with E-state index in [9.17, 15) is 9.50 Å². The Labute approximate surface area is 132 Å². The van der Waals surface area contributed by atoms with Crippen LogP contribution in [0.3, 0.4) is 0 Å². The fraction of sp³-hybridized carbons (Fsp3) is 0.118. The Morgan fingerprint density at radius 3 is 2.64 bits per heavy atom. The second-order valence-electron chi connectivity index (χ2n) is 4.95. The summed E-state index contributed by atoms with van der Waals surface area (Å²) in [5, 5.41) is 14.4. The average Bonchev–Trinajstić information content (AvgIpc) is 2.53. The number of nitrogens with one attached hydrogen (secondary N) is 1. The molecule has 0 saturated heterocycles. The van der Waals surface area contributed by atoms with Crippen molar-refractivity contribution in [3.05, 3.63) is 71.1 Å². The van der Waals surface area contributed by atoms with Gasteiger partial charge in [-0.3, -0.25) is 4.98 Å². The number of halogens is 2. The smallest absolute Gasteiger partial charge is 0.125 e. The van der Waals surface area contributed by atoms with E-state index in [4.69, 9.17) is 11.6 Å². The molecule has 0 bridgehead atoms. The molecule has 0 radical (unpaired) electrons. The molecule has 0 spiro atoms. The number of hydrogen-bond acceptors (Lipinski definition) is 3. The Kier molecular flexibility index (Phi) is 4.22. The standard InChI is InChI=1S/C17H14ClFN2O/c18-12-3-1-11(2-4-12)17(10-22)21-15-7-8-20-16-9-13(19)5-6-14(15)16/h1-9,17,22H,10H2,(H,20,21)/t17-/m1/s1. The van der Waals surface area contributed by atoms with E-state index < -0.39 is 0 Å². The Morgan fingerprint density at radius 2 is 1.91 bits per heavy atom. The van der Waals surface area contributed by atoms with Gasteiger partial charge in [0, 0.05) is 28.4 Å². The first-order chi connectivity index (χ1) is 10.7. The van der Waals surface area contributed by atoms with Gasteiger partial charge >= 0.3 is 0 Å². The van der Waals surface area contributed by atoms with Crippen molar-refractivity contribution in [1.29, 1.82) is 0 Å². The molecule has 5 heteroatoms. The first-order valence-corrected chi connectivity index (χ1v) is 7.22. The van der Waals surface area contributed by atoms with Crippen molar-refractivity contribution in [3.8, 4) is 0 Å². The second-order valence-corrected chi connectivity index (χ2v) is 5.39. The zero-order valence-electron chi connectivity index (χ0n) is 11.6. The minimum absolute atomic E-state index is 0.0767. The predicted molar refractivity (Wildman–Crippen MR) is 86.6 cm³/mol. The monoisotopic (exact) mass is 316 g/mol. The van der Waals surface area contributed by atoms with E-state index in [-0.39, 0.29) is 18.5 Å². The van der Waals surface area contributed by atoms with Crippen molar-refractivity contribution in [2.45, 2.75) is 6.04 Å². The second kappa shape index (κ2) is 6.30. The highest BCUT2D eigenvalue weighted by atomic mass is 35.5. The van der Waals surface area contributed by atoms with Crippen molar-refractivity contribution in [2.24, 2.45) is 0 Å². The molecule has 0 fully saturated rings. The maximum absolute atomic E-state index is 13.3. The zero-order valence-corrected chi connectivity index (χ0v) is 12.4. The zero-order chi connectivity index (χ0) is 15.5. The fourth-order valence-electron chi connectivity index (χ4n) is 2.36. The van der Waals surface area contributed by atoms with E-state index >= 15 is 0 Å². The molecule has 0 aliphatic carbocycles. The average molecular weight is 317 g/mol. The molecule has 1 atom stereocenters. The SMILES string of the molecule is OC[C@@H](Nc1ccnc2cc(F)ccc12)c1ccc(Cl)cc1. The minimum Gasteiger partial charge on any atom is -0.394 e. The fourth-order valence-corrected chi connectivity index (χ4v) is 2.49. The molecule has 0 amide bonds. The maximum atomic E-state index is 13.3. The molecule has 22 heavy (non-hydrogen) atoms. The van der Waals surface area contributed by atoms with Gasteiger partial charge < -0.3 is 10.4 Å². The van der Waals surface area contributed by atoms with Crippen molar-refractivity contribution < 1.29 is 9.50 Å². The first kappa shape index (κ1) is 14.8. The number of aliphatic hydroxyl groups is 1. The lowest BCUT2D eigenvalue weighted by atomic mass is 10.1. The molecule has 1 aromatic heterocycles. The highest BCUT2D eigenvalue weighted by Gasteiger charge is 2.12. The third-order valence-corrected chi connectivity index (χ3v) is 3.74. The van der Waals surface area contributed by atoms with Crippen LogP contribution < -0.4 is 5.32 Å². The van der Waals surface area contributed by atoms with E-state index in [2.05, 4.69) is 10.3 Å². The molecule has 2 aromatic carbocycles. The molecular weight excluding hydrogens is 303 g/mol. The van der Waals surface area contributed by atoms with Gasteiger partial charge in [-0.15, -0.1) is 0 Å². The van der Waals surface area contributed by atoms with Gasteiger partial charge in [0.25, 0.3) is 0 Å². The van der Waals surface area contributed by atoms with Crippen LogP contribution in [0.2, 0.25) is 5.02 Å².